The van der Waals surface area contributed by atoms with E-state index >= 15 is 0 Å². The number of aliphatic imine (C=N–C) groups is 1. The van der Waals surface area contributed by atoms with Gasteiger partial charge < -0.3 is 9.84 Å². The molecule has 122 valence electrons. The van der Waals surface area contributed by atoms with Gasteiger partial charge in [-0.2, -0.15) is 0 Å². The van der Waals surface area contributed by atoms with E-state index in [4.69, 9.17) is 17.0 Å². The summed E-state index contributed by atoms with van der Waals surface area (Å²) >= 11 is 6.70. The number of rotatable bonds is 4. The van der Waals surface area contributed by atoms with E-state index in [1.165, 1.54) is 11.3 Å². The maximum atomic E-state index is 10.5. The predicted octanol–water partition coefficient (Wildman–Crippen LogP) is 5.04. The Bertz CT molecular complexity index is 940. The fourth-order valence-corrected chi connectivity index (χ4v) is 3.47. The minimum Gasteiger partial charge on any atom is -0.494 e. The first kappa shape index (κ1) is 16.4. The highest BCUT2D eigenvalue weighted by molar-refractivity contribution is 7.73. The molecule has 1 N–H and O–H groups in total. The summed E-state index contributed by atoms with van der Waals surface area (Å²) in [6.45, 7) is 2.02. The normalized spacial score (nSPS) is 11.1. The molecule has 2 aromatic carbocycles. The molecule has 24 heavy (non-hydrogen) atoms. The van der Waals surface area contributed by atoms with Gasteiger partial charge in [-0.15, -0.1) is 0 Å². The number of nitrogens with zero attached hydrogens (tertiary/aromatic N) is 2. The summed E-state index contributed by atoms with van der Waals surface area (Å²) in [6.07, 6.45) is 1.61. The summed E-state index contributed by atoms with van der Waals surface area (Å²) in [4.78, 5) is 5.01. The topological polar surface area (TPSA) is 46.8 Å². The second-order valence-corrected chi connectivity index (χ2v) is 6.83. The molecule has 0 unspecified atom stereocenters. The van der Waals surface area contributed by atoms with Gasteiger partial charge in [0.2, 0.25) is 5.88 Å². The van der Waals surface area contributed by atoms with Crippen LogP contribution in [0.4, 0.5) is 5.69 Å². The third-order valence-corrected chi connectivity index (χ3v) is 4.81. The standard InChI is InChI=1S/C18H16N2O2S2/c1-12-7-9-13(10-8-12)20-17(21)16(24-18(20)23)11-19-14-5-3-4-6-15(14)22-2/h3-11,21H,1-2H3. The van der Waals surface area contributed by atoms with Gasteiger partial charge in [-0.05, 0) is 43.4 Å². The van der Waals surface area contributed by atoms with Crippen LogP contribution in [0.15, 0.2) is 53.5 Å². The van der Waals surface area contributed by atoms with Gasteiger partial charge in [0.15, 0.2) is 3.95 Å². The maximum absolute atomic E-state index is 10.5. The molecule has 0 aliphatic heterocycles. The smallest absolute Gasteiger partial charge is 0.216 e. The number of thiazole rings is 1. The molecule has 0 amide bonds. The van der Waals surface area contributed by atoms with E-state index < -0.39 is 0 Å². The average Bonchev–Trinajstić information content (AvgIpc) is 2.88. The summed E-state index contributed by atoms with van der Waals surface area (Å²) in [5.41, 5.74) is 2.68. The Kier molecular flexibility index (Phi) is 4.78. The highest BCUT2D eigenvalue weighted by Crippen LogP contribution is 2.30. The molecule has 1 heterocycles. The summed E-state index contributed by atoms with van der Waals surface area (Å²) in [5.74, 6) is 0.766. The first-order valence-corrected chi connectivity index (χ1v) is 8.51. The van der Waals surface area contributed by atoms with Crippen molar-refractivity contribution in [2.24, 2.45) is 4.99 Å². The fourth-order valence-electron chi connectivity index (χ4n) is 2.25. The minimum absolute atomic E-state index is 0.0903. The van der Waals surface area contributed by atoms with E-state index in [1.807, 2.05) is 55.5 Å². The zero-order valence-corrected chi connectivity index (χ0v) is 14.9. The molecule has 0 aliphatic rings. The summed E-state index contributed by atoms with van der Waals surface area (Å²) in [5, 5.41) is 10.5. The van der Waals surface area contributed by atoms with Crippen LogP contribution in [0.3, 0.4) is 0 Å². The molecule has 6 heteroatoms. The van der Waals surface area contributed by atoms with E-state index in [0.717, 1.165) is 11.3 Å². The number of ether oxygens (including phenoxy) is 1. The molecule has 0 saturated carbocycles. The van der Waals surface area contributed by atoms with Crippen molar-refractivity contribution in [2.45, 2.75) is 6.92 Å². The molecule has 3 rings (SSSR count). The van der Waals surface area contributed by atoms with Crippen molar-refractivity contribution in [3.8, 4) is 17.3 Å². The zero-order valence-electron chi connectivity index (χ0n) is 13.3. The van der Waals surface area contributed by atoms with Crippen LogP contribution >= 0.6 is 23.6 Å². The number of aromatic hydroxyl groups is 1. The Morgan fingerprint density at radius 1 is 1.17 bits per heavy atom. The number of hydrogen-bond donors (Lipinski definition) is 1. The molecule has 0 atom stereocenters. The van der Waals surface area contributed by atoms with Crippen molar-refractivity contribution >= 4 is 35.5 Å². The highest BCUT2D eigenvalue weighted by atomic mass is 32.1. The lowest BCUT2D eigenvalue weighted by molar-refractivity contribution is 0.416. The van der Waals surface area contributed by atoms with Crippen molar-refractivity contribution in [2.75, 3.05) is 7.11 Å². The average molecular weight is 356 g/mol. The molecule has 1 aromatic heterocycles. The van der Waals surface area contributed by atoms with Crippen molar-refractivity contribution in [1.82, 2.24) is 4.57 Å². The van der Waals surface area contributed by atoms with Gasteiger partial charge in [0, 0.05) is 0 Å². The Balaban J connectivity index is 1.99. The quantitative estimate of drug-likeness (QED) is 0.526. The van der Waals surface area contributed by atoms with E-state index in [-0.39, 0.29) is 5.88 Å². The monoisotopic (exact) mass is 356 g/mol. The maximum Gasteiger partial charge on any atom is 0.216 e. The van der Waals surface area contributed by atoms with Crippen molar-refractivity contribution in [3.63, 3.8) is 0 Å². The van der Waals surface area contributed by atoms with Gasteiger partial charge in [0.05, 0.1) is 19.0 Å². The third-order valence-electron chi connectivity index (χ3n) is 3.51. The van der Waals surface area contributed by atoms with Crippen LogP contribution in [-0.4, -0.2) is 23.0 Å². The van der Waals surface area contributed by atoms with Crippen molar-refractivity contribution in [1.29, 1.82) is 0 Å². The zero-order chi connectivity index (χ0) is 17.1. The number of para-hydroxylation sites is 2. The largest absolute Gasteiger partial charge is 0.494 e. The summed E-state index contributed by atoms with van der Waals surface area (Å²) < 4.78 is 7.48. The number of benzene rings is 2. The van der Waals surface area contributed by atoms with Gasteiger partial charge >= 0.3 is 0 Å². The SMILES string of the molecule is COc1ccccc1N=Cc1sc(=S)n(-c2ccc(C)cc2)c1O. The number of aryl methyl sites for hydroxylation is 1. The van der Waals surface area contributed by atoms with Gasteiger partial charge in [-0.1, -0.05) is 41.2 Å². The molecule has 0 aliphatic carbocycles. The van der Waals surface area contributed by atoms with Crippen LogP contribution in [0.2, 0.25) is 0 Å². The Labute approximate surface area is 149 Å². The van der Waals surface area contributed by atoms with E-state index in [1.54, 1.807) is 17.9 Å². The molecule has 4 nitrogen and oxygen atoms in total. The molecular formula is C18H16N2O2S2. The second-order valence-electron chi connectivity index (χ2n) is 5.16. The van der Waals surface area contributed by atoms with Crippen LogP contribution in [0.5, 0.6) is 11.6 Å². The van der Waals surface area contributed by atoms with E-state index in [9.17, 15) is 5.11 Å². The van der Waals surface area contributed by atoms with Gasteiger partial charge in [0.25, 0.3) is 0 Å². The van der Waals surface area contributed by atoms with Crippen LogP contribution in [0, 0.1) is 10.9 Å². The molecule has 0 bridgehead atoms. The predicted molar refractivity (Wildman–Crippen MR) is 101 cm³/mol. The van der Waals surface area contributed by atoms with Crippen LogP contribution < -0.4 is 4.74 Å². The Morgan fingerprint density at radius 3 is 2.58 bits per heavy atom. The lowest BCUT2D eigenvalue weighted by atomic mass is 10.2. The Hall–Kier alpha value is -2.44. The first-order valence-electron chi connectivity index (χ1n) is 7.29. The molecule has 3 aromatic rings. The first-order chi connectivity index (χ1) is 11.6. The van der Waals surface area contributed by atoms with Gasteiger partial charge in [-0.3, -0.25) is 9.56 Å². The van der Waals surface area contributed by atoms with E-state index in [0.29, 0.717) is 20.3 Å². The molecule has 0 saturated heterocycles. The van der Waals surface area contributed by atoms with Crippen molar-refractivity contribution < 1.29 is 9.84 Å². The van der Waals surface area contributed by atoms with Crippen LogP contribution in [0.25, 0.3) is 5.69 Å². The van der Waals surface area contributed by atoms with Crippen LogP contribution in [-0.2, 0) is 0 Å². The van der Waals surface area contributed by atoms with Gasteiger partial charge in [-0.25, -0.2) is 0 Å². The molecule has 0 radical (unpaired) electrons. The molecule has 0 fully saturated rings. The van der Waals surface area contributed by atoms with Crippen molar-refractivity contribution in [3.05, 3.63) is 62.9 Å². The minimum atomic E-state index is 0.0903. The number of methoxy groups -OCH3 is 1. The number of hydrogen-bond acceptors (Lipinski definition) is 5. The highest BCUT2D eigenvalue weighted by Gasteiger charge is 2.12. The lowest BCUT2D eigenvalue weighted by Gasteiger charge is -2.05. The Morgan fingerprint density at radius 2 is 1.88 bits per heavy atom. The van der Waals surface area contributed by atoms with Gasteiger partial charge in [0.1, 0.15) is 16.3 Å². The van der Waals surface area contributed by atoms with Crippen LogP contribution in [0.1, 0.15) is 10.4 Å². The summed E-state index contributed by atoms with van der Waals surface area (Å²) in [6, 6.07) is 15.3. The van der Waals surface area contributed by atoms with E-state index in [2.05, 4.69) is 4.99 Å². The molecule has 0 spiro atoms. The second kappa shape index (κ2) is 6.98. The summed E-state index contributed by atoms with van der Waals surface area (Å²) in [7, 11) is 1.60. The lowest BCUT2D eigenvalue weighted by Crippen LogP contribution is -1.93. The number of aromatic nitrogens is 1. The fraction of sp³-hybridized carbons (Fsp3) is 0.111. The third kappa shape index (κ3) is 3.25. The molecular weight excluding hydrogens is 340 g/mol.